The highest BCUT2D eigenvalue weighted by Crippen LogP contribution is 2.35. The lowest BCUT2D eigenvalue weighted by molar-refractivity contribution is 0.0717. The number of thioether (sulfide) groups is 1. The van der Waals surface area contributed by atoms with Crippen molar-refractivity contribution in [1.29, 1.82) is 0 Å². The summed E-state index contributed by atoms with van der Waals surface area (Å²) in [7, 11) is 0. The zero-order chi connectivity index (χ0) is 15.5. The number of rotatable bonds is 3. The van der Waals surface area contributed by atoms with Crippen LogP contribution in [0.2, 0.25) is 0 Å². The highest BCUT2D eigenvalue weighted by molar-refractivity contribution is 8.00. The summed E-state index contributed by atoms with van der Waals surface area (Å²) in [5.74, 6) is -0.426. The summed E-state index contributed by atoms with van der Waals surface area (Å²) in [4.78, 5) is 14.0. The molecule has 0 saturated carbocycles. The van der Waals surface area contributed by atoms with Crippen molar-refractivity contribution in [2.45, 2.75) is 17.6 Å². The number of halogens is 1. The molecule has 1 amide bonds. The van der Waals surface area contributed by atoms with Crippen molar-refractivity contribution in [3.8, 4) is 0 Å². The van der Waals surface area contributed by atoms with E-state index in [0.717, 1.165) is 0 Å². The van der Waals surface area contributed by atoms with Crippen LogP contribution in [-0.4, -0.2) is 45.9 Å². The minimum absolute atomic E-state index is 0.188. The summed E-state index contributed by atoms with van der Waals surface area (Å²) in [6.07, 6.45) is 3.11. The molecule has 2 rings (SSSR count). The van der Waals surface area contributed by atoms with E-state index in [1.54, 1.807) is 11.0 Å². The molecule has 0 aliphatic carbocycles. The molecule has 3 N–H and O–H groups in total. The molecule has 5 nitrogen and oxygen atoms in total. The third-order valence-corrected chi connectivity index (χ3v) is 5.29. The molecule has 0 atom stereocenters. The lowest BCUT2D eigenvalue weighted by atomic mass is 9.94. The SMILES string of the molecule is CSC1(C(N)=NO)CCN(C(=O)c2cccc(F)c2)CC1. The van der Waals surface area contributed by atoms with Crippen molar-refractivity contribution in [2.24, 2.45) is 10.9 Å². The van der Waals surface area contributed by atoms with Crippen molar-refractivity contribution in [2.75, 3.05) is 19.3 Å². The van der Waals surface area contributed by atoms with Crippen LogP contribution in [0.5, 0.6) is 0 Å². The zero-order valence-electron chi connectivity index (χ0n) is 11.8. The maximum atomic E-state index is 13.2. The molecule has 1 heterocycles. The summed E-state index contributed by atoms with van der Waals surface area (Å²) in [6.45, 7) is 0.985. The molecule has 1 aliphatic rings. The Morgan fingerprint density at radius 2 is 2.14 bits per heavy atom. The van der Waals surface area contributed by atoms with E-state index in [1.807, 2.05) is 6.26 Å². The number of hydrogen-bond acceptors (Lipinski definition) is 4. The Bertz CT molecular complexity index is 557. The van der Waals surface area contributed by atoms with Gasteiger partial charge in [0.2, 0.25) is 0 Å². The van der Waals surface area contributed by atoms with Gasteiger partial charge in [0.15, 0.2) is 5.84 Å². The van der Waals surface area contributed by atoms with Gasteiger partial charge in [-0.2, -0.15) is 11.8 Å². The second-order valence-corrected chi connectivity index (χ2v) is 6.18. The second kappa shape index (κ2) is 6.34. The number of hydrogen-bond donors (Lipinski definition) is 2. The first-order valence-electron chi connectivity index (χ1n) is 6.60. The third kappa shape index (κ3) is 3.12. The van der Waals surface area contributed by atoms with Crippen molar-refractivity contribution < 1.29 is 14.4 Å². The minimum atomic E-state index is -0.437. The van der Waals surface area contributed by atoms with Gasteiger partial charge in [0.1, 0.15) is 5.82 Å². The smallest absolute Gasteiger partial charge is 0.253 e. The Morgan fingerprint density at radius 3 is 2.67 bits per heavy atom. The van der Waals surface area contributed by atoms with Crippen LogP contribution in [0.4, 0.5) is 4.39 Å². The van der Waals surface area contributed by atoms with E-state index in [9.17, 15) is 9.18 Å². The van der Waals surface area contributed by atoms with E-state index in [4.69, 9.17) is 10.9 Å². The second-order valence-electron chi connectivity index (χ2n) is 4.99. The zero-order valence-corrected chi connectivity index (χ0v) is 12.6. The molecule has 21 heavy (non-hydrogen) atoms. The monoisotopic (exact) mass is 311 g/mol. The number of oxime groups is 1. The predicted molar refractivity (Wildman–Crippen MR) is 81.2 cm³/mol. The number of carbonyl (C=O) groups excluding carboxylic acids is 1. The van der Waals surface area contributed by atoms with Crippen LogP contribution in [0.1, 0.15) is 23.2 Å². The molecule has 1 aromatic carbocycles. The van der Waals surface area contributed by atoms with E-state index in [-0.39, 0.29) is 11.7 Å². The molecule has 0 spiro atoms. The average Bonchev–Trinajstić information content (AvgIpc) is 2.53. The number of benzene rings is 1. The number of piperidine rings is 1. The van der Waals surface area contributed by atoms with Crippen molar-refractivity contribution in [3.05, 3.63) is 35.6 Å². The number of amidine groups is 1. The Balaban J connectivity index is 2.09. The number of nitrogens with zero attached hydrogens (tertiary/aromatic N) is 2. The fourth-order valence-electron chi connectivity index (χ4n) is 2.53. The Kier molecular flexibility index (Phi) is 4.72. The van der Waals surface area contributed by atoms with Gasteiger partial charge in [-0.1, -0.05) is 11.2 Å². The number of nitrogens with two attached hydrogens (primary N) is 1. The topological polar surface area (TPSA) is 78.9 Å². The summed E-state index contributed by atoms with van der Waals surface area (Å²) < 4.78 is 12.8. The molecule has 1 fully saturated rings. The first-order chi connectivity index (χ1) is 10.0. The van der Waals surface area contributed by atoms with Crippen LogP contribution in [-0.2, 0) is 0 Å². The van der Waals surface area contributed by atoms with Gasteiger partial charge in [-0.15, -0.1) is 0 Å². The van der Waals surface area contributed by atoms with Crippen LogP contribution in [0.25, 0.3) is 0 Å². The molecular weight excluding hydrogens is 293 g/mol. The normalized spacial score (nSPS) is 18.6. The number of carbonyl (C=O) groups is 1. The van der Waals surface area contributed by atoms with Gasteiger partial charge >= 0.3 is 0 Å². The minimum Gasteiger partial charge on any atom is -0.409 e. The third-order valence-electron chi connectivity index (χ3n) is 3.90. The predicted octanol–water partition coefficient (Wildman–Crippen LogP) is 1.91. The molecular formula is C14H18FN3O2S. The molecule has 0 bridgehead atoms. The summed E-state index contributed by atoms with van der Waals surface area (Å²) in [6, 6.07) is 5.67. The average molecular weight is 311 g/mol. The number of amides is 1. The Hall–Kier alpha value is -1.76. The molecule has 1 aromatic rings. The van der Waals surface area contributed by atoms with E-state index in [2.05, 4.69) is 5.16 Å². The lowest BCUT2D eigenvalue weighted by Crippen LogP contribution is -2.51. The maximum absolute atomic E-state index is 13.2. The van der Waals surface area contributed by atoms with E-state index in [0.29, 0.717) is 31.5 Å². The van der Waals surface area contributed by atoms with Crippen LogP contribution in [0, 0.1) is 5.82 Å². The highest BCUT2D eigenvalue weighted by atomic mass is 32.2. The molecule has 1 aliphatic heterocycles. The van der Waals surface area contributed by atoms with Gasteiger partial charge < -0.3 is 15.8 Å². The standard InChI is InChI=1S/C14H18FN3O2S/c1-21-14(13(16)17-20)5-7-18(8-6-14)12(19)10-3-2-4-11(15)9-10/h2-4,9,20H,5-8H2,1H3,(H2,16,17). The summed E-state index contributed by atoms with van der Waals surface area (Å²) in [5.41, 5.74) is 6.11. The first kappa shape index (κ1) is 15.6. The molecule has 0 radical (unpaired) electrons. The molecule has 0 aromatic heterocycles. The van der Waals surface area contributed by atoms with Crippen molar-refractivity contribution in [1.82, 2.24) is 4.90 Å². The fourth-order valence-corrected chi connectivity index (χ4v) is 3.37. The first-order valence-corrected chi connectivity index (χ1v) is 7.83. The van der Waals surface area contributed by atoms with Gasteiger partial charge in [0.05, 0.1) is 4.75 Å². The lowest BCUT2D eigenvalue weighted by Gasteiger charge is -2.39. The van der Waals surface area contributed by atoms with Crippen LogP contribution < -0.4 is 5.73 Å². The van der Waals surface area contributed by atoms with E-state index >= 15 is 0 Å². The van der Waals surface area contributed by atoms with Gasteiger partial charge in [-0.05, 0) is 37.3 Å². The fraction of sp³-hybridized carbons (Fsp3) is 0.429. The van der Waals surface area contributed by atoms with Crippen LogP contribution in [0.3, 0.4) is 0 Å². The Labute approximate surface area is 127 Å². The van der Waals surface area contributed by atoms with Crippen LogP contribution >= 0.6 is 11.8 Å². The molecule has 1 saturated heterocycles. The highest BCUT2D eigenvalue weighted by Gasteiger charge is 2.39. The van der Waals surface area contributed by atoms with Crippen molar-refractivity contribution in [3.63, 3.8) is 0 Å². The van der Waals surface area contributed by atoms with Gasteiger partial charge in [0, 0.05) is 18.7 Å². The van der Waals surface area contributed by atoms with E-state index < -0.39 is 10.6 Å². The van der Waals surface area contributed by atoms with E-state index in [1.165, 1.54) is 30.0 Å². The Morgan fingerprint density at radius 1 is 1.48 bits per heavy atom. The van der Waals surface area contributed by atoms with Crippen LogP contribution in [0.15, 0.2) is 29.4 Å². The summed E-state index contributed by atoms with van der Waals surface area (Å²) >= 11 is 1.52. The van der Waals surface area contributed by atoms with Gasteiger partial charge in [-0.3, -0.25) is 4.79 Å². The van der Waals surface area contributed by atoms with Gasteiger partial charge in [0.25, 0.3) is 5.91 Å². The maximum Gasteiger partial charge on any atom is 0.253 e. The molecule has 0 unspecified atom stereocenters. The quantitative estimate of drug-likeness (QED) is 0.387. The largest absolute Gasteiger partial charge is 0.409 e. The molecule has 7 heteroatoms. The number of likely N-dealkylation sites (tertiary alicyclic amines) is 1. The van der Waals surface area contributed by atoms with Crippen molar-refractivity contribution >= 4 is 23.5 Å². The molecule has 114 valence electrons. The summed E-state index contributed by atoms with van der Waals surface area (Å²) in [5, 5.41) is 12.0. The van der Waals surface area contributed by atoms with Gasteiger partial charge in [-0.25, -0.2) is 4.39 Å².